The third-order valence-corrected chi connectivity index (χ3v) is 5.63. The van der Waals surface area contributed by atoms with Crippen molar-refractivity contribution < 1.29 is 23.3 Å². The fraction of sp³-hybridized carbons (Fsp3) is 0.333. The van der Waals surface area contributed by atoms with E-state index in [1.54, 1.807) is 12.1 Å². The van der Waals surface area contributed by atoms with E-state index in [9.17, 15) is 4.57 Å². The zero-order chi connectivity index (χ0) is 17.7. The van der Waals surface area contributed by atoms with Gasteiger partial charge in [-0.2, -0.15) is 0 Å². The molecule has 2 unspecified atom stereocenters. The van der Waals surface area contributed by atoms with Gasteiger partial charge in [-0.15, -0.1) is 0 Å². The van der Waals surface area contributed by atoms with Crippen molar-refractivity contribution >= 4 is 7.52 Å². The number of methoxy groups -OCH3 is 1. The van der Waals surface area contributed by atoms with Crippen molar-refractivity contribution in [2.75, 3.05) is 20.3 Å². The topological polar surface area (TPSA) is 66.0 Å². The number of nitrogens with one attached hydrogen (secondary N) is 1. The summed E-state index contributed by atoms with van der Waals surface area (Å²) < 4.78 is 34.6. The number of fused-ring (bicyclic) bond motifs is 1. The van der Waals surface area contributed by atoms with E-state index in [0.717, 1.165) is 17.1 Å². The van der Waals surface area contributed by atoms with Gasteiger partial charge in [-0.1, -0.05) is 24.3 Å². The Labute approximate surface area is 147 Å². The lowest BCUT2D eigenvalue weighted by Gasteiger charge is -2.23. The highest BCUT2D eigenvalue weighted by atomic mass is 31.2. The molecular weight excluding hydrogens is 341 g/mol. The van der Waals surface area contributed by atoms with Gasteiger partial charge in [0.25, 0.3) is 0 Å². The summed E-state index contributed by atoms with van der Waals surface area (Å²) >= 11 is 0. The Bertz CT molecular complexity index is 752. The second-order valence-corrected chi connectivity index (χ2v) is 7.96. The fourth-order valence-electron chi connectivity index (χ4n) is 2.71. The monoisotopic (exact) mass is 363 g/mol. The Kier molecular flexibility index (Phi) is 5.63. The summed E-state index contributed by atoms with van der Waals surface area (Å²) in [5.74, 6) is 2.04. The third kappa shape index (κ3) is 4.75. The van der Waals surface area contributed by atoms with E-state index < -0.39 is 7.52 Å². The molecule has 6 nitrogen and oxygen atoms in total. The van der Waals surface area contributed by atoms with Gasteiger partial charge < -0.3 is 18.7 Å². The molecule has 1 heterocycles. The molecule has 7 heteroatoms. The summed E-state index contributed by atoms with van der Waals surface area (Å²) in [6.45, 7) is 2.21. The molecule has 2 aromatic carbocycles. The molecule has 0 saturated heterocycles. The molecule has 0 radical (unpaired) electrons. The first-order valence-corrected chi connectivity index (χ1v) is 9.88. The lowest BCUT2D eigenvalue weighted by molar-refractivity contribution is 0.174. The quantitative estimate of drug-likeness (QED) is 0.720. The first-order chi connectivity index (χ1) is 12.1. The summed E-state index contributed by atoms with van der Waals surface area (Å²) in [7, 11) is -1.67. The zero-order valence-electron chi connectivity index (χ0n) is 14.3. The second-order valence-electron chi connectivity index (χ2n) is 5.92. The van der Waals surface area contributed by atoms with Crippen LogP contribution in [0.15, 0.2) is 48.5 Å². The molecule has 25 heavy (non-hydrogen) atoms. The van der Waals surface area contributed by atoms with Gasteiger partial charge in [-0.25, -0.2) is 5.09 Å². The third-order valence-electron chi connectivity index (χ3n) is 3.69. The highest BCUT2D eigenvalue weighted by molar-refractivity contribution is 7.57. The summed E-state index contributed by atoms with van der Waals surface area (Å²) in [5.41, 5.74) is 1.06. The van der Waals surface area contributed by atoms with Gasteiger partial charge in [-0.3, -0.25) is 4.57 Å². The van der Waals surface area contributed by atoms with Crippen LogP contribution in [0.3, 0.4) is 0 Å². The number of benzene rings is 2. The molecule has 2 atom stereocenters. The van der Waals surface area contributed by atoms with Crippen LogP contribution < -0.4 is 19.1 Å². The molecule has 1 aliphatic heterocycles. The minimum absolute atomic E-state index is 0.00657. The molecule has 0 fully saturated rings. The van der Waals surface area contributed by atoms with Crippen LogP contribution in [-0.4, -0.2) is 26.3 Å². The van der Waals surface area contributed by atoms with Crippen LogP contribution in [-0.2, 0) is 15.7 Å². The first-order valence-electron chi connectivity index (χ1n) is 8.07. The van der Waals surface area contributed by atoms with Gasteiger partial charge in [0.15, 0.2) is 11.5 Å². The summed E-state index contributed by atoms with van der Waals surface area (Å²) in [6.07, 6.45) is 0.663. The average molecular weight is 363 g/mol. The SMILES string of the molecule is COCP(=O)(NC(C)Cc1ccc2c(c1)OCO2)Oc1ccccc1. The molecule has 0 bridgehead atoms. The predicted octanol–water partition coefficient (Wildman–Crippen LogP) is 3.81. The lowest BCUT2D eigenvalue weighted by Crippen LogP contribution is -2.29. The highest BCUT2D eigenvalue weighted by Gasteiger charge is 2.27. The lowest BCUT2D eigenvalue weighted by atomic mass is 10.1. The summed E-state index contributed by atoms with van der Waals surface area (Å²) in [4.78, 5) is 0. The number of para-hydroxylation sites is 1. The molecule has 1 N–H and O–H groups in total. The molecular formula is C18H22NO5P. The van der Waals surface area contributed by atoms with E-state index in [4.69, 9.17) is 18.7 Å². The standard InChI is InChI=1S/C18H22NO5P/c1-14(10-15-8-9-17-18(11-15)23-12-22-17)19-25(20,13-21-2)24-16-6-4-3-5-7-16/h3-9,11,14H,10,12-13H2,1-2H3,(H,19,20). The van der Waals surface area contributed by atoms with Crippen molar-refractivity contribution in [3.8, 4) is 17.2 Å². The second kappa shape index (κ2) is 7.91. The van der Waals surface area contributed by atoms with E-state index in [0.29, 0.717) is 12.2 Å². The number of rotatable bonds is 8. The molecule has 134 valence electrons. The number of hydrogen-bond donors (Lipinski definition) is 1. The number of hydrogen-bond acceptors (Lipinski definition) is 5. The highest BCUT2D eigenvalue weighted by Crippen LogP contribution is 2.43. The van der Waals surface area contributed by atoms with E-state index in [1.807, 2.05) is 43.3 Å². The van der Waals surface area contributed by atoms with Gasteiger partial charge in [0.1, 0.15) is 12.1 Å². The van der Waals surface area contributed by atoms with Gasteiger partial charge in [0.2, 0.25) is 6.79 Å². The van der Waals surface area contributed by atoms with Crippen LogP contribution in [0.1, 0.15) is 12.5 Å². The Morgan fingerprint density at radius 2 is 1.92 bits per heavy atom. The van der Waals surface area contributed by atoms with Gasteiger partial charge >= 0.3 is 7.52 Å². The molecule has 2 aromatic rings. The van der Waals surface area contributed by atoms with Crippen LogP contribution >= 0.6 is 7.52 Å². The maximum atomic E-state index is 13.1. The van der Waals surface area contributed by atoms with E-state index in [-0.39, 0.29) is 19.2 Å². The minimum atomic E-state index is -3.18. The maximum Gasteiger partial charge on any atom is 0.342 e. The molecule has 1 aliphatic rings. The largest absolute Gasteiger partial charge is 0.454 e. The Hall–Kier alpha value is -2.01. The molecule has 0 spiro atoms. The van der Waals surface area contributed by atoms with Gasteiger partial charge in [0, 0.05) is 13.2 Å². The van der Waals surface area contributed by atoms with Crippen LogP contribution in [0.5, 0.6) is 17.2 Å². The number of ether oxygens (including phenoxy) is 3. The van der Waals surface area contributed by atoms with E-state index in [2.05, 4.69) is 5.09 Å². The van der Waals surface area contributed by atoms with Crippen molar-refractivity contribution in [2.45, 2.75) is 19.4 Å². The molecule has 0 aromatic heterocycles. The molecule has 3 rings (SSSR count). The summed E-state index contributed by atoms with van der Waals surface area (Å²) in [6, 6.07) is 14.8. The van der Waals surface area contributed by atoms with Crippen LogP contribution in [0.4, 0.5) is 0 Å². The molecule has 0 amide bonds. The molecule has 0 saturated carbocycles. The normalized spacial score (nSPS) is 16.2. The summed E-state index contributed by atoms with van der Waals surface area (Å²) in [5, 5.41) is 3.10. The minimum Gasteiger partial charge on any atom is -0.454 e. The molecule has 0 aliphatic carbocycles. The van der Waals surface area contributed by atoms with Gasteiger partial charge in [-0.05, 0) is 43.2 Å². The van der Waals surface area contributed by atoms with Gasteiger partial charge in [0.05, 0.1) is 0 Å². The maximum absolute atomic E-state index is 13.1. The van der Waals surface area contributed by atoms with E-state index in [1.165, 1.54) is 7.11 Å². The van der Waals surface area contributed by atoms with Crippen molar-refractivity contribution in [1.29, 1.82) is 0 Å². The zero-order valence-corrected chi connectivity index (χ0v) is 15.2. The van der Waals surface area contributed by atoms with Crippen LogP contribution in [0, 0.1) is 0 Å². The Morgan fingerprint density at radius 3 is 2.68 bits per heavy atom. The average Bonchev–Trinajstić information content (AvgIpc) is 3.03. The van der Waals surface area contributed by atoms with Crippen molar-refractivity contribution in [2.24, 2.45) is 0 Å². The van der Waals surface area contributed by atoms with Crippen molar-refractivity contribution in [3.05, 3.63) is 54.1 Å². The Balaban J connectivity index is 1.66. The van der Waals surface area contributed by atoms with Crippen molar-refractivity contribution in [1.82, 2.24) is 5.09 Å². The van der Waals surface area contributed by atoms with Crippen LogP contribution in [0.2, 0.25) is 0 Å². The smallest absolute Gasteiger partial charge is 0.342 e. The Morgan fingerprint density at radius 1 is 1.16 bits per heavy atom. The first kappa shape index (κ1) is 17.8. The van der Waals surface area contributed by atoms with Crippen molar-refractivity contribution in [3.63, 3.8) is 0 Å². The predicted molar refractivity (Wildman–Crippen MR) is 95.4 cm³/mol. The fourth-order valence-corrected chi connectivity index (χ4v) is 4.46. The van der Waals surface area contributed by atoms with Crippen LogP contribution in [0.25, 0.3) is 0 Å². The van der Waals surface area contributed by atoms with E-state index >= 15 is 0 Å².